The van der Waals surface area contributed by atoms with Gasteiger partial charge in [0, 0.05) is 5.54 Å². The van der Waals surface area contributed by atoms with Crippen LogP contribution in [0.3, 0.4) is 0 Å². The van der Waals surface area contributed by atoms with E-state index in [1.54, 1.807) is 0 Å². The van der Waals surface area contributed by atoms with E-state index in [4.69, 9.17) is 10.5 Å². The molecule has 1 rings (SSSR count). The molecule has 0 heterocycles. The van der Waals surface area contributed by atoms with Crippen LogP contribution in [-0.4, -0.2) is 18.1 Å². The first-order valence-corrected chi connectivity index (χ1v) is 4.40. The number of hydrogen-bond donors (Lipinski definition) is 1. The lowest BCUT2D eigenvalue weighted by molar-refractivity contribution is -0.166. The summed E-state index contributed by atoms with van der Waals surface area (Å²) in [6, 6.07) is 0. The van der Waals surface area contributed by atoms with E-state index in [1.165, 1.54) is 0 Å². The van der Waals surface area contributed by atoms with Crippen molar-refractivity contribution in [2.75, 3.05) is 6.61 Å². The lowest BCUT2D eigenvalue weighted by Crippen LogP contribution is -2.64. The number of hydrogen-bond acceptors (Lipinski definition) is 3. The molecular formula is C9H17NO2. The molecule has 0 amide bonds. The van der Waals surface area contributed by atoms with Crippen LogP contribution in [0.25, 0.3) is 0 Å². The fourth-order valence-electron chi connectivity index (χ4n) is 1.52. The Morgan fingerprint density at radius 2 is 2.08 bits per heavy atom. The molecule has 3 nitrogen and oxygen atoms in total. The third kappa shape index (κ3) is 1.12. The Kier molecular flexibility index (Phi) is 2.17. The second-order valence-electron chi connectivity index (χ2n) is 3.97. The number of rotatable bonds is 2. The molecule has 0 aliphatic heterocycles. The molecule has 0 radical (unpaired) electrons. The van der Waals surface area contributed by atoms with E-state index in [9.17, 15) is 4.79 Å². The summed E-state index contributed by atoms with van der Waals surface area (Å²) in [6.07, 6.45) is 1.75. The van der Waals surface area contributed by atoms with Crippen molar-refractivity contribution in [3.05, 3.63) is 0 Å². The van der Waals surface area contributed by atoms with Gasteiger partial charge in [-0.05, 0) is 33.6 Å². The van der Waals surface area contributed by atoms with Gasteiger partial charge < -0.3 is 10.5 Å². The molecule has 12 heavy (non-hydrogen) atoms. The smallest absolute Gasteiger partial charge is 0.313 e. The van der Waals surface area contributed by atoms with Crippen LogP contribution in [0.1, 0.15) is 33.6 Å². The summed E-state index contributed by atoms with van der Waals surface area (Å²) in [4.78, 5) is 11.5. The minimum Gasteiger partial charge on any atom is -0.466 e. The van der Waals surface area contributed by atoms with Crippen molar-refractivity contribution >= 4 is 5.97 Å². The highest BCUT2D eigenvalue weighted by Crippen LogP contribution is 2.48. The highest BCUT2D eigenvalue weighted by Gasteiger charge is 2.56. The molecule has 1 aliphatic rings. The third-order valence-corrected chi connectivity index (χ3v) is 3.13. The van der Waals surface area contributed by atoms with Crippen molar-refractivity contribution in [3.63, 3.8) is 0 Å². The lowest BCUT2D eigenvalue weighted by atomic mass is 9.57. The Hall–Kier alpha value is -0.570. The molecule has 0 bridgehead atoms. The van der Waals surface area contributed by atoms with Gasteiger partial charge in [-0.1, -0.05) is 0 Å². The van der Waals surface area contributed by atoms with Gasteiger partial charge in [0.1, 0.15) is 0 Å². The first-order chi connectivity index (χ1) is 5.44. The van der Waals surface area contributed by atoms with Crippen LogP contribution < -0.4 is 5.73 Å². The van der Waals surface area contributed by atoms with E-state index in [2.05, 4.69) is 0 Å². The molecule has 1 fully saturated rings. The monoisotopic (exact) mass is 171 g/mol. The molecule has 0 saturated heterocycles. The van der Waals surface area contributed by atoms with E-state index in [0.717, 1.165) is 12.8 Å². The van der Waals surface area contributed by atoms with E-state index < -0.39 is 5.41 Å². The quantitative estimate of drug-likeness (QED) is 0.632. The van der Waals surface area contributed by atoms with Crippen LogP contribution in [-0.2, 0) is 9.53 Å². The Morgan fingerprint density at radius 3 is 2.33 bits per heavy atom. The first-order valence-electron chi connectivity index (χ1n) is 4.40. The van der Waals surface area contributed by atoms with Crippen LogP contribution in [0.5, 0.6) is 0 Å². The number of esters is 1. The van der Waals surface area contributed by atoms with Crippen LogP contribution in [0.4, 0.5) is 0 Å². The van der Waals surface area contributed by atoms with Gasteiger partial charge in [-0.15, -0.1) is 0 Å². The maximum absolute atomic E-state index is 11.5. The third-order valence-electron chi connectivity index (χ3n) is 3.13. The Balaban J connectivity index is 2.67. The van der Waals surface area contributed by atoms with Crippen LogP contribution in [0, 0.1) is 5.41 Å². The van der Waals surface area contributed by atoms with Crippen molar-refractivity contribution in [2.24, 2.45) is 11.1 Å². The molecule has 1 aliphatic carbocycles. The molecule has 0 spiro atoms. The largest absolute Gasteiger partial charge is 0.466 e. The van der Waals surface area contributed by atoms with Gasteiger partial charge >= 0.3 is 5.97 Å². The Morgan fingerprint density at radius 1 is 1.50 bits per heavy atom. The number of carbonyl (C=O) groups is 1. The summed E-state index contributed by atoms with van der Waals surface area (Å²) in [5, 5.41) is 0. The van der Waals surface area contributed by atoms with Gasteiger partial charge in [-0.3, -0.25) is 4.79 Å². The highest BCUT2D eigenvalue weighted by atomic mass is 16.5. The van der Waals surface area contributed by atoms with Gasteiger partial charge in [0.25, 0.3) is 0 Å². The van der Waals surface area contributed by atoms with Crippen molar-refractivity contribution < 1.29 is 9.53 Å². The molecule has 2 N–H and O–H groups in total. The number of ether oxygens (including phenoxy) is 1. The molecule has 3 heteroatoms. The van der Waals surface area contributed by atoms with Crippen molar-refractivity contribution in [1.29, 1.82) is 0 Å². The summed E-state index contributed by atoms with van der Waals surface area (Å²) in [5.74, 6) is -0.152. The Labute approximate surface area is 73.3 Å². The molecule has 0 aromatic heterocycles. The van der Waals surface area contributed by atoms with Crippen LogP contribution >= 0.6 is 0 Å². The zero-order valence-corrected chi connectivity index (χ0v) is 8.02. The van der Waals surface area contributed by atoms with Crippen molar-refractivity contribution in [3.8, 4) is 0 Å². The van der Waals surface area contributed by atoms with E-state index in [-0.39, 0.29) is 11.5 Å². The van der Waals surface area contributed by atoms with Crippen molar-refractivity contribution in [2.45, 2.75) is 39.2 Å². The Bertz CT molecular complexity index is 201. The van der Waals surface area contributed by atoms with Gasteiger partial charge in [0.05, 0.1) is 12.0 Å². The maximum Gasteiger partial charge on any atom is 0.313 e. The van der Waals surface area contributed by atoms with Crippen LogP contribution in [0.15, 0.2) is 0 Å². The van der Waals surface area contributed by atoms with Gasteiger partial charge in [0.15, 0.2) is 0 Å². The van der Waals surface area contributed by atoms with E-state index in [0.29, 0.717) is 6.61 Å². The summed E-state index contributed by atoms with van der Waals surface area (Å²) in [7, 11) is 0. The summed E-state index contributed by atoms with van der Waals surface area (Å²) in [5.41, 5.74) is 5.10. The zero-order valence-electron chi connectivity index (χ0n) is 8.02. The fourth-order valence-corrected chi connectivity index (χ4v) is 1.52. The molecule has 0 aromatic carbocycles. The minimum absolute atomic E-state index is 0.152. The van der Waals surface area contributed by atoms with E-state index in [1.807, 2.05) is 20.8 Å². The average Bonchev–Trinajstić information content (AvgIpc) is 2.01. The standard InChI is InChI=1S/C9H17NO2/c1-4-12-7(11)8(2)5-6-9(8,3)10/h4-6,10H2,1-3H3/t8-,9-/m1/s1. The summed E-state index contributed by atoms with van der Waals surface area (Å²) in [6.45, 7) is 6.04. The van der Waals surface area contributed by atoms with Crippen molar-refractivity contribution in [1.82, 2.24) is 0 Å². The predicted octanol–water partition coefficient (Wildman–Crippen LogP) is 1.07. The lowest BCUT2D eigenvalue weighted by Gasteiger charge is -2.51. The van der Waals surface area contributed by atoms with E-state index >= 15 is 0 Å². The maximum atomic E-state index is 11.5. The second-order valence-corrected chi connectivity index (χ2v) is 3.97. The SMILES string of the molecule is CCOC(=O)[C@@]1(C)CC[C@@]1(C)N. The molecular weight excluding hydrogens is 154 g/mol. The normalized spacial score (nSPS) is 40.3. The molecule has 1 saturated carbocycles. The molecule has 0 unspecified atom stereocenters. The zero-order chi connectivity index (χ0) is 9.41. The summed E-state index contributed by atoms with van der Waals surface area (Å²) < 4.78 is 4.97. The first kappa shape index (κ1) is 9.52. The fraction of sp³-hybridized carbons (Fsp3) is 0.889. The topological polar surface area (TPSA) is 52.3 Å². The predicted molar refractivity (Wildman–Crippen MR) is 46.6 cm³/mol. The second kappa shape index (κ2) is 2.73. The molecule has 2 atom stereocenters. The minimum atomic E-state index is -0.455. The number of carbonyl (C=O) groups excluding carboxylic acids is 1. The van der Waals surface area contributed by atoms with Gasteiger partial charge in [-0.2, -0.15) is 0 Å². The highest BCUT2D eigenvalue weighted by molar-refractivity contribution is 5.79. The molecule has 0 aromatic rings. The van der Waals surface area contributed by atoms with Gasteiger partial charge in [0.2, 0.25) is 0 Å². The molecule has 70 valence electrons. The van der Waals surface area contributed by atoms with Crippen LogP contribution in [0.2, 0.25) is 0 Å². The average molecular weight is 171 g/mol. The summed E-state index contributed by atoms with van der Waals surface area (Å²) >= 11 is 0. The number of nitrogens with two attached hydrogens (primary N) is 1. The van der Waals surface area contributed by atoms with Gasteiger partial charge in [-0.25, -0.2) is 0 Å².